The molecular formula is C9H16N4S. The number of nitrogens with two attached hydrogens (primary N) is 1. The first-order chi connectivity index (χ1) is 6.72. The van der Waals surface area contributed by atoms with Crippen LogP contribution in [-0.4, -0.2) is 15.7 Å². The van der Waals surface area contributed by atoms with Crippen LogP contribution in [0.5, 0.6) is 0 Å². The molecule has 14 heavy (non-hydrogen) atoms. The fraction of sp³-hybridized carbons (Fsp3) is 0.556. The van der Waals surface area contributed by atoms with E-state index in [-0.39, 0.29) is 0 Å². The van der Waals surface area contributed by atoms with E-state index < -0.39 is 0 Å². The summed E-state index contributed by atoms with van der Waals surface area (Å²) in [4.78, 5) is 8.14. The number of thioether (sulfide) groups is 1. The van der Waals surface area contributed by atoms with E-state index in [1.807, 2.05) is 6.07 Å². The fourth-order valence-corrected chi connectivity index (χ4v) is 2.00. The van der Waals surface area contributed by atoms with E-state index in [1.165, 1.54) is 6.42 Å². The molecule has 5 heteroatoms. The van der Waals surface area contributed by atoms with Gasteiger partial charge in [-0.15, -0.1) is 11.8 Å². The number of rotatable bonds is 5. The van der Waals surface area contributed by atoms with Crippen molar-refractivity contribution >= 4 is 17.7 Å². The Kier molecular flexibility index (Phi) is 4.69. The van der Waals surface area contributed by atoms with E-state index in [0.29, 0.717) is 5.95 Å². The van der Waals surface area contributed by atoms with Gasteiger partial charge in [0.25, 0.3) is 0 Å². The summed E-state index contributed by atoms with van der Waals surface area (Å²) in [5.41, 5.74) is 2.43. The molecule has 1 heterocycles. The summed E-state index contributed by atoms with van der Waals surface area (Å²) in [5, 5.41) is 0.966. The van der Waals surface area contributed by atoms with Crippen LogP contribution >= 0.6 is 11.8 Å². The predicted octanol–water partition coefficient (Wildman–Crippen LogP) is 1.90. The van der Waals surface area contributed by atoms with Crippen molar-refractivity contribution in [3.63, 3.8) is 0 Å². The molecular weight excluding hydrogens is 196 g/mol. The molecule has 0 unspecified atom stereocenters. The molecule has 0 saturated heterocycles. The lowest BCUT2D eigenvalue weighted by molar-refractivity contribution is 0.632. The van der Waals surface area contributed by atoms with Crippen LogP contribution in [0, 0.1) is 5.92 Å². The van der Waals surface area contributed by atoms with Gasteiger partial charge in [-0.05, 0) is 24.2 Å². The minimum atomic E-state index is 0.472. The summed E-state index contributed by atoms with van der Waals surface area (Å²) < 4.78 is 0. The van der Waals surface area contributed by atoms with Gasteiger partial charge >= 0.3 is 0 Å². The van der Waals surface area contributed by atoms with E-state index in [2.05, 4.69) is 29.2 Å². The highest BCUT2D eigenvalue weighted by Gasteiger charge is 1.99. The lowest BCUT2D eigenvalue weighted by atomic mass is 10.2. The predicted molar refractivity (Wildman–Crippen MR) is 60.0 cm³/mol. The molecule has 0 bridgehead atoms. The molecule has 3 N–H and O–H groups in total. The van der Waals surface area contributed by atoms with Gasteiger partial charge in [0.15, 0.2) is 0 Å². The Morgan fingerprint density at radius 2 is 2.36 bits per heavy atom. The smallest absolute Gasteiger partial charge is 0.238 e. The van der Waals surface area contributed by atoms with Gasteiger partial charge in [-0.2, -0.15) is 0 Å². The number of hydrazine groups is 1. The van der Waals surface area contributed by atoms with E-state index in [9.17, 15) is 0 Å². The summed E-state index contributed by atoms with van der Waals surface area (Å²) in [6.45, 7) is 4.43. The third kappa shape index (κ3) is 3.93. The Morgan fingerprint density at radius 1 is 1.57 bits per heavy atom. The van der Waals surface area contributed by atoms with Gasteiger partial charge in [0, 0.05) is 6.20 Å². The van der Waals surface area contributed by atoms with E-state index in [4.69, 9.17) is 5.84 Å². The molecule has 0 amide bonds. The summed E-state index contributed by atoms with van der Waals surface area (Å²) in [6.07, 6.45) is 2.90. The normalized spacial score (nSPS) is 10.6. The van der Waals surface area contributed by atoms with Crippen LogP contribution < -0.4 is 11.3 Å². The van der Waals surface area contributed by atoms with Gasteiger partial charge in [-0.3, -0.25) is 5.43 Å². The maximum atomic E-state index is 5.21. The van der Waals surface area contributed by atoms with E-state index >= 15 is 0 Å². The molecule has 0 atom stereocenters. The van der Waals surface area contributed by atoms with Gasteiger partial charge in [0.2, 0.25) is 5.95 Å². The topological polar surface area (TPSA) is 63.8 Å². The summed E-state index contributed by atoms with van der Waals surface area (Å²) in [5.74, 6) is 7.50. The molecule has 0 spiro atoms. The largest absolute Gasteiger partial charge is 0.292 e. The molecule has 1 aromatic rings. The molecule has 1 rings (SSSR count). The zero-order chi connectivity index (χ0) is 10.4. The number of hydrogen-bond acceptors (Lipinski definition) is 5. The number of nitrogen functional groups attached to an aromatic ring is 1. The highest BCUT2D eigenvalue weighted by atomic mass is 32.2. The fourth-order valence-electron chi connectivity index (χ4n) is 0.891. The maximum absolute atomic E-state index is 5.21. The second-order valence-electron chi connectivity index (χ2n) is 3.39. The molecule has 0 aliphatic rings. The Labute approximate surface area is 88.7 Å². The van der Waals surface area contributed by atoms with Crippen molar-refractivity contribution < 1.29 is 0 Å². The van der Waals surface area contributed by atoms with Crippen molar-refractivity contribution in [2.24, 2.45) is 11.8 Å². The second-order valence-corrected chi connectivity index (χ2v) is 4.51. The Bertz CT molecular complexity index is 277. The van der Waals surface area contributed by atoms with Crippen molar-refractivity contribution in [1.29, 1.82) is 0 Å². The maximum Gasteiger partial charge on any atom is 0.238 e. The first kappa shape index (κ1) is 11.3. The van der Waals surface area contributed by atoms with Gasteiger partial charge in [-0.25, -0.2) is 15.8 Å². The molecule has 0 aromatic carbocycles. The first-order valence-electron chi connectivity index (χ1n) is 4.65. The molecule has 0 radical (unpaired) electrons. The van der Waals surface area contributed by atoms with Crippen LogP contribution in [-0.2, 0) is 0 Å². The van der Waals surface area contributed by atoms with Gasteiger partial charge in [-0.1, -0.05) is 13.8 Å². The van der Waals surface area contributed by atoms with Crippen LogP contribution in [0.15, 0.2) is 17.3 Å². The van der Waals surface area contributed by atoms with Crippen LogP contribution in [0.25, 0.3) is 0 Å². The zero-order valence-corrected chi connectivity index (χ0v) is 9.34. The standard InChI is InChI=1S/C9H16N4S/c1-7(2)4-6-14-8-3-5-11-9(12-8)13-10/h3,5,7H,4,6,10H2,1-2H3,(H,11,12,13). The monoisotopic (exact) mass is 212 g/mol. The van der Waals surface area contributed by atoms with Crippen LogP contribution in [0.2, 0.25) is 0 Å². The molecule has 0 saturated carbocycles. The number of aromatic nitrogens is 2. The van der Waals surface area contributed by atoms with Crippen molar-refractivity contribution in [2.75, 3.05) is 11.2 Å². The highest BCUT2D eigenvalue weighted by Crippen LogP contribution is 2.18. The van der Waals surface area contributed by atoms with E-state index in [0.717, 1.165) is 16.7 Å². The highest BCUT2D eigenvalue weighted by molar-refractivity contribution is 7.99. The first-order valence-corrected chi connectivity index (χ1v) is 5.63. The lowest BCUT2D eigenvalue weighted by Gasteiger charge is -2.04. The van der Waals surface area contributed by atoms with Crippen molar-refractivity contribution in [1.82, 2.24) is 9.97 Å². The molecule has 0 aliphatic heterocycles. The molecule has 78 valence electrons. The average molecular weight is 212 g/mol. The number of hydrogen-bond donors (Lipinski definition) is 2. The Balaban J connectivity index is 2.42. The third-order valence-electron chi connectivity index (χ3n) is 1.70. The van der Waals surface area contributed by atoms with Crippen LogP contribution in [0.4, 0.5) is 5.95 Å². The van der Waals surface area contributed by atoms with E-state index in [1.54, 1.807) is 18.0 Å². The van der Waals surface area contributed by atoms with Gasteiger partial charge in [0.05, 0.1) is 0 Å². The second kappa shape index (κ2) is 5.82. The minimum Gasteiger partial charge on any atom is -0.292 e. The lowest BCUT2D eigenvalue weighted by Crippen LogP contribution is -2.10. The molecule has 1 aromatic heterocycles. The minimum absolute atomic E-state index is 0.472. The SMILES string of the molecule is CC(C)CCSc1ccnc(NN)n1. The van der Waals surface area contributed by atoms with Gasteiger partial charge < -0.3 is 0 Å². The Morgan fingerprint density at radius 3 is 3.00 bits per heavy atom. The molecule has 4 nitrogen and oxygen atoms in total. The number of anilines is 1. The van der Waals surface area contributed by atoms with Crippen molar-refractivity contribution in [3.8, 4) is 0 Å². The number of nitrogens with zero attached hydrogens (tertiary/aromatic N) is 2. The average Bonchev–Trinajstić information content (AvgIpc) is 2.18. The number of nitrogens with one attached hydrogen (secondary N) is 1. The summed E-state index contributed by atoms with van der Waals surface area (Å²) in [7, 11) is 0. The molecule has 0 fully saturated rings. The third-order valence-corrected chi connectivity index (χ3v) is 2.67. The zero-order valence-electron chi connectivity index (χ0n) is 8.53. The Hall–Kier alpha value is -0.810. The van der Waals surface area contributed by atoms with Crippen molar-refractivity contribution in [3.05, 3.63) is 12.3 Å². The quantitative estimate of drug-likeness (QED) is 0.338. The van der Waals surface area contributed by atoms with Gasteiger partial charge in [0.1, 0.15) is 5.03 Å². The van der Waals surface area contributed by atoms with Crippen LogP contribution in [0.3, 0.4) is 0 Å². The van der Waals surface area contributed by atoms with Crippen molar-refractivity contribution in [2.45, 2.75) is 25.3 Å². The van der Waals surface area contributed by atoms with Crippen LogP contribution in [0.1, 0.15) is 20.3 Å². The summed E-state index contributed by atoms with van der Waals surface area (Å²) in [6, 6.07) is 1.89. The molecule has 0 aliphatic carbocycles. The summed E-state index contributed by atoms with van der Waals surface area (Å²) >= 11 is 1.73.